The van der Waals surface area contributed by atoms with Gasteiger partial charge in [-0.3, -0.25) is 4.79 Å². The van der Waals surface area contributed by atoms with Gasteiger partial charge in [-0.25, -0.2) is 9.38 Å². The third-order valence-corrected chi connectivity index (χ3v) is 3.74. The van der Waals surface area contributed by atoms with Gasteiger partial charge in [-0.05, 0) is 41.5 Å². The molecule has 0 fully saturated rings. The van der Waals surface area contributed by atoms with Crippen LogP contribution >= 0.6 is 0 Å². The van der Waals surface area contributed by atoms with Crippen LogP contribution in [0.15, 0.2) is 53.2 Å². The van der Waals surface area contributed by atoms with Crippen LogP contribution in [0.5, 0.6) is 11.5 Å². The second-order valence-electron chi connectivity index (χ2n) is 5.46. The van der Waals surface area contributed by atoms with E-state index in [9.17, 15) is 9.18 Å². The van der Waals surface area contributed by atoms with Gasteiger partial charge in [0.1, 0.15) is 17.3 Å². The van der Waals surface area contributed by atoms with E-state index in [4.69, 9.17) is 9.47 Å². The highest BCUT2D eigenvalue weighted by Crippen LogP contribution is 2.28. The second-order valence-corrected chi connectivity index (χ2v) is 5.46. The van der Waals surface area contributed by atoms with Crippen molar-refractivity contribution < 1.29 is 18.7 Å². The Hall–Kier alpha value is -3.15. The zero-order valence-corrected chi connectivity index (χ0v) is 13.9. The zero-order chi connectivity index (χ0) is 17.8. The number of rotatable bonds is 5. The van der Waals surface area contributed by atoms with Gasteiger partial charge < -0.3 is 14.8 Å². The molecule has 6 heteroatoms. The fourth-order valence-electron chi connectivity index (χ4n) is 2.50. The van der Waals surface area contributed by atoms with E-state index in [1.807, 2.05) is 12.1 Å². The number of amides is 1. The van der Waals surface area contributed by atoms with Gasteiger partial charge in [0.05, 0.1) is 14.2 Å². The Balaban J connectivity index is 1.80. The molecular formula is C19H17FN2O3. The SMILES string of the molecule is COc1ccc(CC2=N/C(=C/c3ccc(F)cc3)C(=O)N2)cc1OC. The van der Waals surface area contributed by atoms with Gasteiger partial charge in [-0.2, -0.15) is 0 Å². The van der Waals surface area contributed by atoms with Crippen molar-refractivity contribution in [3.63, 3.8) is 0 Å². The highest BCUT2D eigenvalue weighted by molar-refractivity contribution is 6.14. The summed E-state index contributed by atoms with van der Waals surface area (Å²) in [6.07, 6.45) is 2.07. The standard InChI is InChI=1S/C19H17FN2O3/c1-24-16-8-5-13(10-17(16)25-2)11-18-21-15(19(23)22-18)9-12-3-6-14(20)7-4-12/h3-10H,11H2,1-2H3,(H,21,22,23)/b15-9+. The Bertz CT molecular complexity index is 857. The van der Waals surface area contributed by atoms with E-state index in [-0.39, 0.29) is 11.7 Å². The highest BCUT2D eigenvalue weighted by Gasteiger charge is 2.20. The van der Waals surface area contributed by atoms with Crippen LogP contribution in [-0.2, 0) is 11.2 Å². The Morgan fingerprint density at radius 2 is 1.80 bits per heavy atom. The normalized spacial score (nSPS) is 15.1. The number of ether oxygens (including phenoxy) is 2. The fraction of sp³-hybridized carbons (Fsp3) is 0.158. The van der Waals surface area contributed by atoms with Crippen LogP contribution < -0.4 is 14.8 Å². The molecule has 0 unspecified atom stereocenters. The fourth-order valence-corrected chi connectivity index (χ4v) is 2.50. The quantitative estimate of drug-likeness (QED) is 0.852. The number of halogens is 1. The van der Waals surface area contributed by atoms with E-state index in [1.54, 1.807) is 38.5 Å². The Morgan fingerprint density at radius 1 is 1.08 bits per heavy atom. The summed E-state index contributed by atoms with van der Waals surface area (Å²) in [7, 11) is 3.14. The van der Waals surface area contributed by atoms with Gasteiger partial charge in [-0.1, -0.05) is 18.2 Å². The average Bonchev–Trinajstić information content (AvgIpc) is 2.96. The van der Waals surface area contributed by atoms with Crippen molar-refractivity contribution in [2.75, 3.05) is 14.2 Å². The maximum absolute atomic E-state index is 13.0. The lowest BCUT2D eigenvalue weighted by Crippen LogP contribution is -2.25. The lowest BCUT2D eigenvalue weighted by atomic mass is 10.1. The smallest absolute Gasteiger partial charge is 0.275 e. The molecule has 1 aliphatic rings. The van der Waals surface area contributed by atoms with Crippen molar-refractivity contribution >= 4 is 17.8 Å². The van der Waals surface area contributed by atoms with Crippen LogP contribution in [0.2, 0.25) is 0 Å². The third kappa shape index (κ3) is 3.85. The molecule has 25 heavy (non-hydrogen) atoms. The van der Waals surface area contributed by atoms with Gasteiger partial charge in [0, 0.05) is 6.42 Å². The van der Waals surface area contributed by atoms with E-state index in [2.05, 4.69) is 10.3 Å². The number of hydrogen-bond donors (Lipinski definition) is 1. The second kappa shape index (κ2) is 7.17. The first-order chi connectivity index (χ1) is 12.1. The predicted octanol–water partition coefficient (Wildman–Crippen LogP) is 2.95. The van der Waals surface area contributed by atoms with Crippen LogP contribution in [0.3, 0.4) is 0 Å². The van der Waals surface area contributed by atoms with Gasteiger partial charge in [0.25, 0.3) is 5.91 Å². The van der Waals surface area contributed by atoms with Crippen molar-refractivity contribution in [3.8, 4) is 11.5 Å². The van der Waals surface area contributed by atoms with E-state index in [1.165, 1.54) is 12.1 Å². The maximum atomic E-state index is 13.0. The van der Waals surface area contributed by atoms with Gasteiger partial charge in [-0.15, -0.1) is 0 Å². The minimum Gasteiger partial charge on any atom is -0.493 e. The number of hydrogen-bond acceptors (Lipinski definition) is 4. The predicted molar refractivity (Wildman–Crippen MR) is 93.2 cm³/mol. The molecule has 0 spiro atoms. The molecule has 0 aliphatic carbocycles. The van der Waals surface area contributed by atoms with Crippen molar-refractivity contribution in [1.82, 2.24) is 5.32 Å². The Kier molecular flexibility index (Phi) is 4.79. The summed E-state index contributed by atoms with van der Waals surface area (Å²) in [6, 6.07) is 11.4. The molecule has 0 aromatic heterocycles. The van der Waals surface area contributed by atoms with Crippen LogP contribution in [0, 0.1) is 5.82 Å². The first kappa shape index (κ1) is 16.7. The number of carbonyl (C=O) groups excluding carboxylic acids is 1. The molecule has 1 N–H and O–H groups in total. The van der Waals surface area contributed by atoms with Gasteiger partial charge >= 0.3 is 0 Å². The Labute approximate surface area is 144 Å². The molecule has 0 radical (unpaired) electrons. The van der Waals surface area contributed by atoms with E-state index >= 15 is 0 Å². The molecular weight excluding hydrogens is 323 g/mol. The molecule has 0 atom stereocenters. The molecule has 0 saturated carbocycles. The first-order valence-corrected chi connectivity index (χ1v) is 7.66. The number of carbonyl (C=O) groups is 1. The number of methoxy groups -OCH3 is 2. The molecule has 0 bridgehead atoms. The van der Waals surface area contributed by atoms with Crippen molar-refractivity contribution in [3.05, 3.63) is 65.1 Å². The van der Waals surface area contributed by atoms with Crippen molar-refractivity contribution in [1.29, 1.82) is 0 Å². The summed E-state index contributed by atoms with van der Waals surface area (Å²) in [5.74, 6) is 1.20. The summed E-state index contributed by atoms with van der Waals surface area (Å²) in [4.78, 5) is 16.4. The third-order valence-electron chi connectivity index (χ3n) is 3.74. The largest absolute Gasteiger partial charge is 0.493 e. The summed E-state index contributed by atoms with van der Waals surface area (Å²) >= 11 is 0. The van der Waals surface area contributed by atoms with E-state index in [0.29, 0.717) is 35.0 Å². The maximum Gasteiger partial charge on any atom is 0.275 e. The number of aliphatic imine (C=N–C) groups is 1. The molecule has 128 valence electrons. The number of nitrogens with one attached hydrogen (secondary N) is 1. The van der Waals surface area contributed by atoms with Crippen molar-refractivity contribution in [2.24, 2.45) is 4.99 Å². The summed E-state index contributed by atoms with van der Waals surface area (Å²) in [5, 5.41) is 2.75. The van der Waals surface area contributed by atoms with Crippen LogP contribution in [0.25, 0.3) is 6.08 Å². The number of benzene rings is 2. The molecule has 1 heterocycles. The molecule has 3 rings (SSSR count). The molecule has 0 saturated heterocycles. The number of nitrogens with zero attached hydrogens (tertiary/aromatic N) is 1. The topological polar surface area (TPSA) is 59.9 Å². The molecule has 2 aromatic rings. The molecule has 1 aliphatic heterocycles. The summed E-state index contributed by atoms with van der Waals surface area (Å²) in [5.41, 5.74) is 1.93. The summed E-state index contributed by atoms with van der Waals surface area (Å²) in [6.45, 7) is 0. The van der Waals surface area contributed by atoms with Crippen molar-refractivity contribution in [2.45, 2.75) is 6.42 Å². The van der Waals surface area contributed by atoms with Crippen LogP contribution in [0.1, 0.15) is 11.1 Å². The molecule has 1 amide bonds. The van der Waals surface area contributed by atoms with E-state index < -0.39 is 0 Å². The lowest BCUT2D eigenvalue weighted by Gasteiger charge is -2.09. The van der Waals surface area contributed by atoms with Gasteiger partial charge in [0.15, 0.2) is 11.5 Å². The number of amidine groups is 1. The highest BCUT2D eigenvalue weighted by atomic mass is 19.1. The monoisotopic (exact) mass is 340 g/mol. The lowest BCUT2D eigenvalue weighted by molar-refractivity contribution is -0.115. The first-order valence-electron chi connectivity index (χ1n) is 7.66. The van der Waals surface area contributed by atoms with Crippen LogP contribution in [-0.4, -0.2) is 26.0 Å². The zero-order valence-electron chi connectivity index (χ0n) is 13.9. The molecule has 2 aromatic carbocycles. The van der Waals surface area contributed by atoms with Crippen LogP contribution in [0.4, 0.5) is 4.39 Å². The summed E-state index contributed by atoms with van der Waals surface area (Å²) < 4.78 is 23.4. The van der Waals surface area contributed by atoms with E-state index in [0.717, 1.165) is 5.56 Å². The molecule has 5 nitrogen and oxygen atoms in total. The average molecular weight is 340 g/mol. The van der Waals surface area contributed by atoms with Gasteiger partial charge in [0.2, 0.25) is 0 Å². The Morgan fingerprint density at radius 3 is 2.48 bits per heavy atom. The minimum absolute atomic E-state index is 0.278. The minimum atomic E-state index is -0.323.